The Bertz CT molecular complexity index is 439. The number of rotatable bonds is 3. The van der Waals surface area contributed by atoms with Crippen molar-refractivity contribution in [2.45, 2.75) is 27.7 Å². The maximum absolute atomic E-state index is 5.80. The minimum absolute atomic E-state index is 0.701. The van der Waals surface area contributed by atoms with Gasteiger partial charge in [-0.05, 0) is 13.8 Å². The first-order chi connectivity index (χ1) is 8.57. The predicted octanol–water partition coefficient (Wildman–Crippen LogP) is 6.47. The standard InChI is InChI=1S/C8H9N.C4H10O.4ClH.W/c1-6-4-3-5-7(2)8(6)9;1-3-5-4-2;;;;;/h3-5H,1-2H3;3-4H2,1-2H3;4*1H;/q;;;;;;+4/p-4. The van der Waals surface area contributed by atoms with Crippen molar-refractivity contribution >= 4 is 43.4 Å². The molecule has 1 aromatic carbocycles. The van der Waals surface area contributed by atoms with Crippen LogP contribution in [-0.2, 0) is 15.2 Å². The van der Waals surface area contributed by atoms with Crippen molar-refractivity contribution in [1.82, 2.24) is 0 Å². The van der Waals surface area contributed by atoms with Gasteiger partial charge < -0.3 is 4.74 Å². The van der Waals surface area contributed by atoms with Crippen molar-refractivity contribution in [1.29, 1.82) is 0 Å². The van der Waals surface area contributed by atoms with Gasteiger partial charge in [0.05, 0.1) is 0 Å². The summed E-state index contributed by atoms with van der Waals surface area (Å²) in [7, 11) is 18.5. The van der Waals surface area contributed by atoms with Gasteiger partial charge in [-0.3, -0.25) is 0 Å². The molecule has 0 aliphatic rings. The zero-order valence-electron chi connectivity index (χ0n) is 11.4. The van der Waals surface area contributed by atoms with E-state index in [1.165, 1.54) is 0 Å². The van der Waals surface area contributed by atoms with Crippen LogP contribution in [0.15, 0.2) is 21.7 Å². The van der Waals surface area contributed by atoms with Crippen molar-refractivity contribution in [3.8, 4) is 0 Å². The van der Waals surface area contributed by atoms with E-state index in [1.807, 2.05) is 45.9 Å². The Morgan fingerprint density at radius 3 is 1.68 bits per heavy atom. The summed E-state index contributed by atoms with van der Waals surface area (Å²) in [5.74, 6) is 0. The van der Waals surface area contributed by atoms with Crippen LogP contribution in [0.4, 0.5) is 5.69 Å². The zero-order chi connectivity index (χ0) is 15.1. The number of hydrogen-bond acceptors (Lipinski definition) is 2. The molecule has 0 bridgehead atoms. The molecule has 1 rings (SSSR count). The third-order valence-electron chi connectivity index (χ3n) is 2.08. The number of aryl methyl sites for hydroxylation is 2. The molecule has 7 heteroatoms. The molecule has 0 amide bonds. The molecule has 0 heterocycles. The number of benzene rings is 1. The fourth-order valence-corrected chi connectivity index (χ4v) is 5.58. The summed E-state index contributed by atoms with van der Waals surface area (Å²) in [5.41, 5.74) is 2.63. The van der Waals surface area contributed by atoms with E-state index in [9.17, 15) is 0 Å². The van der Waals surface area contributed by atoms with Crippen molar-refractivity contribution < 1.29 is 15.2 Å². The van der Waals surface area contributed by atoms with Crippen molar-refractivity contribution in [3.05, 3.63) is 29.3 Å². The minimum atomic E-state index is -4.74. The van der Waals surface area contributed by atoms with Crippen LogP contribution in [0, 0.1) is 13.8 Å². The van der Waals surface area contributed by atoms with Gasteiger partial charge in [0.2, 0.25) is 0 Å². The third-order valence-corrected chi connectivity index (χ3v) is 5.98. The summed E-state index contributed by atoms with van der Waals surface area (Å²) in [4.78, 5) is 0. The van der Waals surface area contributed by atoms with E-state index in [4.69, 9.17) is 42.4 Å². The van der Waals surface area contributed by atoms with Crippen LogP contribution in [0.3, 0.4) is 0 Å². The third kappa shape index (κ3) is 10.2. The summed E-state index contributed by atoms with van der Waals surface area (Å²) in [6.07, 6.45) is 0. The molecule has 0 radical (unpaired) electrons. The van der Waals surface area contributed by atoms with Gasteiger partial charge in [-0.2, -0.15) is 0 Å². The van der Waals surface area contributed by atoms with E-state index in [0.717, 1.165) is 24.3 Å². The predicted molar refractivity (Wildman–Crippen MR) is 83.6 cm³/mol. The Balaban J connectivity index is 0.000000555. The molecule has 0 aromatic heterocycles. The molecule has 1 aromatic rings. The molecule has 0 N–H and O–H groups in total. The quantitative estimate of drug-likeness (QED) is 0.449. The average molecular weight is 519 g/mol. The van der Waals surface area contributed by atoms with Crippen LogP contribution >= 0.6 is 37.7 Å². The summed E-state index contributed by atoms with van der Waals surface area (Å²) in [6, 6.07) is 5.75. The van der Waals surface area contributed by atoms with Gasteiger partial charge >= 0.3 is 100 Å². The first kappa shape index (κ1) is 19.8. The van der Waals surface area contributed by atoms with Gasteiger partial charge in [-0.1, -0.05) is 0 Å². The molecule has 0 aliphatic heterocycles. The normalized spacial score (nSPS) is 12.9. The first-order valence-electron chi connectivity index (χ1n) is 5.76. The summed E-state index contributed by atoms with van der Waals surface area (Å²) in [5, 5.41) is 0. The number of nitrogens with zero attached hydrogens (tertiary/aromatic N) is 1. The second-order valence-electron chi connectivity index (χ2n) is 3.74. The molecule has 0 saturated heterocycles. The number of ether oxygens (including phenoxy) is 1. The zero-order valence-corrected chi connectivity index (χ0v) is 17.4. The molecule has 0 unspecified atom stereocenters. The average Bonchev–Trinajstić information content (AvgIpc) is 2.24. The van der Waals surface area contributed by atoms with E-state index in [0.29, 0.717) is 5.69 Å². The van der Waals surface area contributed by atoms with Crippen molar-refractivity contribution in [2.24, 2.45) is 3.50 Å². The Labute approximate surface area is 131 Å². The molecule has 0 fully saturated rings. The van der Waals surface area contributed by atoms with E-state index in [1.54, 1.807) is 0 Å². The van der Waals surface area contributed by atoms with E-state index in [-0.39, 0.29) is 0 Å². The Morgan fingerprint density at radius 2 is 1.42 bits per heavy atom. The van der Waals surface area contributed by atoms with Gasteiger partial charge in [0, 0.05) is 13.2 Å². The fraction of sp³-hybridized carbons (Fsp3) is 0.500. The Kier molecular flexibility index (Phi) is 8.68. The van der Waals surface area contributed by atoms with Crippen LogP contribution in [-0.4, -0.2) is 13.2 Å². The second-order valence-corrected chi connectivity index (χ2v) is 36.3. The SMILES string of the molecule is CCOCC.Cc1cccc(C)c1[N]=[W]([Cl])([Cl])([Cl])[Cl]. The topological polar surface area (TPSA) is 21.6 Å². The van der Waals surface area contributed by atoms with Crippen molar-refractivity contribution in [3.63, 3.8) is 0 Å². The van der Waals surface area contributed by atoms with E-state index < -0.39 is 10.5 Å². The summed E-state index contributed by atoms with van der Waals surface area (Å²) in [6.45, 7) is 9.49. The monoisotopic (exact) mass is 517 g/mol. The molecular formula is C12H19Cl4NOW. The molecule has 0 saturated carbocycles. The second kappa shape index (κ2) is 8.31. The maximum atomic E-state index is 5.80. The molecule has 0 atom stereocenters. The number of halogens is 4. The summed E-state index contributed by atoms with van der Waals surface area (Å²) >= 11 is 0. The van der Waals surface area contributed by atoms with Gasteiger partial charge in [0.15, 0.2) is 0 Å². The van der Waals surface area contributed by atoms with Crippen LogP contribution in [0.2, 0.25) is 0 Å². The van der Waals surface area contributed by atoms with Gasteiger partial charge in [0.25, 0.3) is 0 Å². The molecular weight excluding hydrogens is 500 g/mol. The molecule has 0 spiro atoms. The van der Waals surface area contributed by atoms with Crippen LogP contribution < -0.4 is 0 Å². The molecule has 112 valence electrons. The molecule has 0 aliphatic carbocycles. The molecule has 19 heavy (non-hydrogen) atoms. The van der Waals surface area contributed by atoms with Gasteiger partial charge in [-0.15, -0.1) is 0 Å². The van der Waals surface area contributed by atoms with E-state index in [2.05, 4.69) is 3.50 Å². The summed E-state index contributed by atoms with van der Waals surface area (Å²) < 4.78 is 8.93. The first-order valence-corrected chi connectivity index (χ1v) is 21.6. The van der Waals surface area contributed by atoms with Gasteiger partial charge in [-0.25, -0.2) is 0 Å². The van der Waals surface area contributed by atoms with Gasteiger partial charge in [0.1, 0.15) is 0 Å². The molecule has 2 nitrogen and oxygen atoms in total. The van der Waals surface area contributed by atoms with E-state index >= 15 is 0 Å². The van der Waals surface area contributed by atoms with Crippen molar-refractivity contribution in [2.75, 3.05) is 13.2 Å². The van der Waals surface area contributed by atoms with Crippen LogP contribution in [0.5, 0.6) is 0 Å². The fourth-order valence-electron chi connectivity index (χ4n) is 1.29. The Morgan fingerprint density at radius 1 is 1.00 bits per heavy atom. The Hall–Kier alpha value is 0.828. The van der Waals surface area contributed by atoms with Crippen LogP contribution in [0.1, 0.15) is 25.0 Å². The number of hydrogen-bond donors (Lipinski definition) is 0. The van der Waals surface area contributed by atoms with Crippen LogP contribution in [0.25, 0.3) is 0 Å².